The Kier molecular flexibility index (Phi) is 3.20. The highest BCUT2D eigenvalue weighted by atomic mass is 16.5. The number of anilines is 1. The van der Waals surface area contributed by atoms with Gasteiger partial charge in [0.1, 0.15) is 6.10 Å². The van der Waals surface area contributed by atoms with Crippen molar-refractivity contribution in [3.8, 4) is 5.75 Å². The molecule has 21 heavy (non-hydrogen) atoms. The van der Waals surface area contributed by atoms with Gasteiger partial charge >= 0.3 is 0 Å². The normalized spacial score (nSPS) is 17.3. The predicted octanol–water partition coefficient (Wildman–Crippen LogP) is 3.90. The number of ether oxygens (including phenoxy) is 1. The van der Waals surface area contributed by atoms with E-state index in [1.807, 2.05) is 51.1 Å². The predicted molar refractivity (Wildman–Crippen MR) is 83.8 cm³/mol. The molecule has 1 aliphatic heterocycles. The Morgan fingerprint density at radius 1 is 1.14 bits per heavy atom. The first-order valence-electron chi connectivity index (χ1n) is 7.13. The van der Waals surface area contributed by atoms with Crippen molar-refractivity contribution in [3.05, 3.63) is 58.1 Å². The Bertz CT molecular complexity index is 717. The number of ketones is 1. The lowest BCUT2D eigenvalue weighted by molar-refractivity contribution is 0.0851. The molecule has 3 heteroatoms. The van der Waals surface area contributed by atoms with Crippen LogP contribution in [0.25, 0.3) is 0 Å². The first-order valence-corrected chi connectivity index (χ1v) is 7.13. The number of hydrogen-bond acceptors (Lipinski definition) is 3. The molecule has 0 spiro atoms. The van der Waals surface area contributed by atoms with E-state index in [1.54, 1.807) is 0 Å². The van der Waals surface area contributed by atoms with Crippen molar-refractivity contribution in [2.75, 3.05) is 5.73 Å². The highest BCUT2D eigenvalue weighted by Crippen LogP contribution is 2.41. The first kappa shape index (κ1) is 13.7. The third-order valence-electron chi connectivity index (χ3n) is 4.23. The maximum Gasteiger partial charge on any atom is 0.170 e. The fourth-order valence-electron chi connectivity index (χ4n) is 2.68. The van der Waals surface area contributed by atoms with Crippen LogP contribution >= 0.6 is 0 Å². The fraction of sp³-hybridized carbons (Fsp3) is 0.278. The van der Waals surface area contributed by atoms with Crippen LogP contribution in [0.4, 0.5) is 5.69 Å². The number of nitrogens with two attached hydrogens (primary N) is 1. The fourth-order valence-corrected chi connectivity index (χ4v) is 2.68. The van der Waals surface area contributed by atoms with Crippen LogP contribution in [0.15, 0.2) is 30.3 Å². The smallest absolute Gasteiger partial charge is 0.170 e. The second kappa shape index (κ2) is 4.92. The highest BCUT2D eigenvalue weighted by Gasteiger charge is 2.30. The minimum Gasteiger partial charge on any atom is -0.482 e. The third kappa shape index (κ3) is 2.29. The molecule has 0 bridgehead atoms. The Labute approximate surface area is 124 Å². The molecule has 1 aliphatic rings. The molecule has 1 heterocycles. The number of aryl methyl sites for hydroxylation is 2. The molecule has 2 aromatic rings. The number of Topliss-reactive ketones (excluding diaryl/α,β-unsaturated/α-hetero) is 1. The minimum absolute atomic E-state index is 0.0941. The van der Waals surface area contributed by atoms with Crippen molar-refractivity contribution < 1.29 is 9.53 Å². The first-order chi connectivity index (χ1) is 9.97. The molecule has 0 aromatic heterocycles. The average molecular weight is 281 g/mol. The van der Waals surface area contributed by atoms with E-state index in [0.717, 1.165) is 16.7 Å². The molecule has 0 radical (unpaired) electrons. The zero-order chi connectivity index (χ0) is 15.1. The Hall–Kier alpha value is -2.29. The maximum atomic E-state index is 12.4. The molecular weight excluding hydrogens is 262 g/mol. The SMILES string of the molecule is Cc1ccc(C2CC(=O)c3cc(C)c(C)c(N)c3O2)cc1. The summed E-state index contributed by atoms with van der Waals surface area (Å²) >= 11 is 0. The number of benzene rings is 2. The van der Waals surface area contributed by atoms with Crippen LogP contribution in [0.1, 0.15) is 45.1 Å². The average Bonchev–Trinajstić information content (AvgIpc) is 2.47. The number of fused-ring (bicyclic) bond motifs is 1. The monoisotopic (exact) mass is 281 g/mol. The van der Waals surface area contributed by atoms with Gasteiger partial charge in [0.25, 0.3) is 0 Å². The van der Waals surface area contributed by atoms with Crippen molar-refractivity contribution in [3.63, 3.8) is 0 Å². The molecule has 1 atom stereocenters. The van der Waals surface area contributed by atoms with Gasteiger partial charge in [0, 0.05) is 0 Å². The summed E-state index contributed by atoms with van der Waals surface area (Å²) in [6.07, 6.45) is 0.105. The van der Waals surface area contributed by atoms with Gasteiger partial charge in [0.2, 0.25) is 0 Å². The topological polar surface area (TPSA) is 52.3 Å². The van der Waals surface area contributed by atoms with E-state index >= 15 is 0 Å². The molecule has 108 valence electrons. The van der Waals surface area contributed by atoms with E-state index in [0.29, 0.717) is 23.4 Å². The quantitative estimate of drug-likeness (QED) is 0.806. The Balaban J connectivity index is 2.04. The summed E-state index contributed by atoms with van der Waals surface area (Å²) in [5, 5.41) is 0. The van der Waals surface area contributed by atoms with Gasteiger partial charge < -0.3 is 10.5 Å². The van der Waals surface area contributed by atoms with Crippen LogP contribution in [0.3, 0.4) is 0 Å². The van der Waals surface area contributed by atoms with Crippen molar-refractivity contribution in [2.45, 2.75) is 33.3 Å². The Morgan fingerprint density at radius 3 is 2.48 bits per heavy atom. The molecule has 3 nitrogen and oxygen atoms in total. The summed E-state index contributed by atoms with van der Waals surface area (Å²) in [6.45, 7) is 5.95. The van der Waals surface area contributed by atoms with Crippen molar-refractivity contribution in [1.82, 2.24) is 0 Å². The van der Waals surface area contributed by atoms with E-state index in [4.69, 9.17) is 10.5 Å². The molecule has 2 aromatic carbocycles. The summed E-state index contributed by atoms with van der Waals surface area (Å²) < 4.78 is 6.05. The van der Waals surface area contributed by atoms with E-state index in [-0.39, 0.29) is 11.9 Å². The summed E-state index contributed by atoms with van der Waals surface area (Å²) in [5.74, 6) is 0.636. The number of carbonyl (C=O) groups is 1. The van der Waals surface area contributed by atoms with Gasteiger partial charge in [-0.3, -0.25) is 4.79 Å². The van der Waals surface area contributed by atoms with Crippen LogP contribution in [0.5, 0.6) is 5.75 Å². The minimum atomic E-state index is -0.255. The van der Waals surface area contributed by atoms with Gasteiger partial charge in [-0.25, -0.2) is 0 Å². The Morgan fingerprint density at radius 2 is 1.81 bits per heavy atom. The van der Waals surface area contributed by atoms with Gasteiger partial charge in [-0.2, -0.15) is 0 Å². The summed E-state index contributed by atoms with van der Waals surface area (Å²) in [4.78, 5) is 12.4. The zero-order valence-electron chi connectivity index (χ0n) is 12.6. The summed E-state index contributed by atoms with van der Waals surface area (Å²) in [7, 11) is 0. The van der Waals surface area contributed by atoms with E-state index in [1.165, 1.54) is 5.56 Å². The van der Waals surface area contributed by atoms with Crippen molar-refractivity contribution in [1.29, 1.82) is 0 Å². The summed E-state index contributed by atoms with van der Waals surface area (Å²) in [5.41, 5.74) is 11.5. The van der Waals surface area contributed by atoms with E-state index < -0.39 is 0 Å². The lowest BCUT2D eigenvalue weighted by atomic mass is 9.92. The zero-order valence-corrected chi connectivity index (χ0v) is 12.6. The highest BCUT2D eigenvalue weighted by molar-refractivity contribution is 6.02. The summed E-state index contributed by atoms with van der Waals surface area (Å²) in [6, 6.07) is 9.96. The molecule has 2 N–H and O–H groups in total. The van der Waals surface area contributed by atoms with Crippen LogP contribution < -0.4 is 10.5 Å². The second-order valence-electron chi connectivity index (χ2n) is 5.75. The van der Waals surface area contributed by atoms with Crippen LogP contribution in [0.2, 0.25) is 0 Å². The molecular formula is C18H19NO2. The molecule has 1 unspecified atom stereocenters. The van der Waals surface area contributed by atoms with E-state index in [2.05, 4.69) is 0 Å². The van der Waals surface area contributed by atoms with Crippen LogP contribution in [-0.4, -0.2) is 5.78 Å². The largest absolute Gasteiger partial charge is 0.482 e. The van der Waals surface area contributed by atoms with Crippen LogP contribution in [-0.2, 0) is 0 Å². The van der Waals surface area contributed by atoms with E-state index in [9.17, 15) is 4.79 Å². The lowest BCUT2D eigenvalue weighted by Gasteiger charge is -2.28. The molecule has 0 saturated carbocycles. The third-order valence-corrected chi connectivity index (χ3v) is 4.23. The molecule has 0 saturated heterocycles. The lowest BCUT2D eigenvalue weighted by Crippen LogP contribution is -2.22. The number of hydrogen-bond donors (Lipinski definition) is 1. The van der Waals surface area contributed by atoms with Crippen LogP contribution in [0, 0.1) is 20.8 Å². The standard InChI is InChI=1S/C18H19NO2/c1-10-4-6-13(7-5-10)16-9-15(20)14-8-11(2)12(3)17(19)18(14)21-16/h4-8,16H,9,19H2,1-3H3. The van der Waals surface area contributed by atoms with Crippen molar-refractivity contribution >= 4 is 11.5 Å². The van der Waals surface area contributed by atoms with Gasteiger partial charge in [0.05, 0.1) is 17.7 Å². The van der Waals surface area contributed by atoms with Gasteiger partial charge in [-0.15, -0.1) is 0 Å². The van der Waals surface area contributed by atoms with Gasteiger partial charge in [0.15, 0.2) is 11.5 Å². The van der Waals surface area contributed by atoms with Gasteiger partial charge in [-0.1, -0.05) is 29.8 Å². The molecule has 0 aliphatic carbocycles. The molecule has 3 rings (SSSR count). The number of rotatable bonds is 1. The molecule has 0 amide bonds. The molecule has 0 fully saturated rings. The van der Waals surface area contributed by atoms with Gasteiger partial charge in [-0.05, 0) is 43.5 Å². The maximum absolute atomic E-state index is 12.4. The number of carbonyl (C=O) groups excluding carboxylic acids is 1. The second-order valence-corrected chi connectivity index (χ2v) is 5.75. The number of nitrogen functional groups attached to an aromatic ring is 1. The van der Waals surface area contributed by atoms with Crippen molar-refractivity contribution in [2.24, 2.45) is 0 Å².